The number of nitrogens with one attached hydrogen (secondary N) is 1. The third-order valence-corrected chi connectivity index (χ3v) is 3.66. The van der Waals surface area contributed by atoms with Gasteiger partial charge in [0.2, 0.25) is 0 Å². The van der Waals surface area contributed by atoms with Gasteiger partial charge in [0.25, 0.3) is 0 Å². The first-order chi connectivity index (χ1) is 8.17. The highest BCUT2D eigenvalue weighted by Crippen LogP contribution is 2.49. The van der Waals surface area contributed by atoms with Crippen LogP contribution in [0.1, 0.15) is 38.2 Å². The van der Waals surface area contributed by atoms with E-state index in [4.69, 9.17) is 18.0 Å². The molecule has 0 saturated heterocycles. The average molecular weight is 249 g/mol. The topological polar surface area (TPSA) is 50.9 Å². The van der Waals surface area contributed by atoms with Crippen LogP contribution in [0.4, 0.5) is 5.82 Å². The maximum absolute atomic E-state index is 5.68. The van der Waals surface area contributed by atoms with Crippen LogP contribution in [0.5, 0.6) is 0 Å². The number of anilines is 1. The third-order valence-electron chi connectivity index (χ3n) is 3.44. The van der Waals surface area contributed by atoms with Crippen LogP contribution in [-0.4, -0.2) is 16.5 Å². The number of nitrogens with zero attached hydrogens (tertiary/aromatic N) is 1. The van der Waals surface area contributed by atoms with Crippen LogP contribution >= 0.6 is 12.2 Å². The molecule has 2 rings (SSSR count). The van der Waals surface area contributed by atoms with E-state index >= 15 is 0 Å². The molecule has 1 aliphatic carbocycles. The van der Waals surface area contributed by atoms with Crippen LogP contribution < -0.4 is 11.1 Å². The van der Waals surface area contributed by atoms with Gasteiger partial charge < -0.3 is 11.1 Å². The van der Waals surface area contributed by atoms with Crippen molar-refractivity contribution in [3.05, 3.63) is 23.9 Å². The number of hydrogen-bond donors (Lipinski definition) is 2. The summed E-state index contributed by atoms with van der Waals surface area (Å²) in [6.07, 6.45) is 6.94. The standard InChI is InChI=1S/C13H19N3S/c1-2-5-13(6-7-13)9-16-12-10(11(14)17)4-3-8-15-12/h3-4,8H,2,5-7,9H2,1H3,(H2,14,17)(H,15,16). The number of rotatable bonds is 6. The van der Waals surface area contributed by atoms with Crippen LogP contribution in [0.3, 0.4) is 0 Å². The van der Waals surface area contributed by atoms with Crippen LogP contribution in [-0.2, 0) is 0 Å². The maximum atomic E-state index is 5.68. The Bertz CT molecular complexity index is 413. The van der Waals surface area contributed by atoms with Crippen molar-refractivity contribution in [2.24, 2.45) is 11.1 Å². The summed E-state index contributed by atoms with van der Waals surface area (Å²) in [6, 6.07) is 3.77. The first kappa shape index (κ1) is 12.3. The maximum Gasteiger partial charge on any atom is 0.136 e. The highest BCUT2D eigenvalue weighted by atomic mass is 32.1. The Balaban J connectivity index is 2.02. The van der Waals surface area contributed by atoms with Crippen LogP contribution in [0.25, 0.3) is 0 Å². The molecule has 1 aromatic rings. The predicted molar refractivity (Wildman–Crippen MR) is 75.2 cm³/mol. The molecular formula is C13H19N3S. The van der Waals surface area contributed by atoms with E-state index in [0.29, 0.717) is 10.4 Å². The van der Waals surface area contributed by atoms with E-state index < -0.39 is 0 Å². The Labute approximate surface area is 108 Å². The number of aromatic nitrogens is 1. The lowest BCUT2D eigenvalue weighted by molar-refractivity contribution is 0.485. The average Bonchev–Trinajstić information content (AvgIpc) is 3.08. The SMILES string of the molecule is CCCC1(CNc2ncccc2C(N)=S)CC1. The lowest BCUT2D eigenvalue weighted by atomic mass is 10.0. The van der Waals surface area contributed by atoms with Gasteiger partial charge in [-0.3, -0.25) is 0 Å². The Morgan fingerprint density at radius 1 is 1.59 bits per heavy atom. The van der Waals surface area contributed by atoms with E-state index in [1.54, 1.807) is 6.20 Å². The quantitative estimate of drug-likeness (QED) is 0.761. The van der Waals surface area contributed by atoms with E-state index in [-0.39, 0.29) is 0 Å². The molecule has 0 radical (unpaired) electrons. The van der Waals surface area contributed by atoms with E-state index in [2.05, 4.69) is 17.2 Å². The van der Waals surface area contributed by atoms with Crippen molar-refractivity contribution in [1.29, 1.82) is 0 Å². The Hall–Kier alpha value is -1.16. The molecule has 1 aromatic heterocycles. The van der Waals surface area contributed by atoms with Crippen molar-refractivity contribution in [3.63, 3.8) is 0 Å². The van der Waals surface area contributed by atoms with Gasteiger partial charge in [0.15, 0.2) is 0 Å². The smallest absolute Gasteiger partial charge is 0.136 e. The summed E-state index contributed by atoms with van der Waals surface area (Å²) in [4.78, 5) is 4.72. The summed E-state index contributed by atoms with van der Waals surface area (Å²) in [7, 11) is 0. The summed E-state index contributed by atoms with van der Waals surface area (Å²) >= 11 is 5.02. The molecule has 1 fully saturated rings. The highest BCUT2D eigenvalue weighted by Gasteiger charge is 2.41. The monoisotopic (exact) mass is 249 g/mol. The zero-order chi connectivity index (χ0) is 12.3. The number of pyridine rings is 1. The molecule has 1 saturated carbocycles. The highest BCUT2D eigenvalue weighted by molar-refractivity contribution is 7.80. The van der Waals surface area contributed by atoms with E-state index in [0.717, 1.165) is 17.9 Å². The second-order valence-electron chi connectivity index (χ2n) is 4.87. The lowest BCUT2D eigenvalue weighted by Crippen LogP contribution is -2.19. The second-order valence-corrected chi connectivity index (χ2v) is 5.31. The molecule has 17 heavy (non-hydrogen) atoms. The molecule has 1 aliphatic rings. The van der Waals surface area contributed by atoms with Gasteiger partial charge in [-0.2, -0.15) is 0 Å². The van der Waals surface area contributed by atoms with Gasteiger partial charge in [0.05, 0.1) is 5.56 Å². The van der Waals surface area contributed by atoms with Gasteiger partial charge in [-0.15, -0.1) is 0 Å². The van der Waals surface area contributed by atoms with Crippen molar-refractivity contribution >= 4 is 23.0 Å². The van der Waals surface area contributed by atoms with E-state index in [9.17, 15) is 0 Å². The van der Waals surface area contributed by atoms with Crippen molar-refractivity contribution in [2.45, 2.75) is 32.6 Å². The molecule has 3 nitrogen and oxygen atoms in total. The minimum Gasteiger partial charge on any atom is -0.389 e. The minimum atomic E-state index is 0.404. The van der Waals surface area contributed by atoms with Crippen LogP contribution in [0.15, 0.2) is 18.3 Å². The Morgan fingerprint density at radius 2 is 2.35 bits per heavy atom. The number of hydrogen-bond acceptors (Lipinski definition) is 3. The Kier molecular flexibility index (Phi) is 3.62. The summed E-state index contributed by atoms with van der Waals surface area (Å²) in [5.74, 6) is 0.822. The summed E-state index contributed by atoms with van der Waals surface area (Å²) in [5, 5.41) is 3.40. The first-order valence-corrected chi connectivity index (χ1v) is 6.56. The molecule has 92 valence electrons. The molecule has 3 N–H and O–H groups in total. The number of nitrogens with two attached hydrogens (primary N) is 1. The van der Waals surface area contributed by atoms with Gasteiger partial charge >= 0.3 is 0 Å². The predicted octanol–water partition coefficient (Wildman–Crippen LogP) is 2.71. The fraction of sp³-hybridized carbons (Fsp3) is 0.538. The van der Waals surface area contributed by atoms with Gasteiger partial charge in [0, 0.05) is 12.7 Å². The molecule has 0 atom stereocenters. The van der Waals surface area contributed by atoms with Crippen molar-refractivity contribution in [2.75, 3.05) is 11.9 Å². The molecular weight excluding hydrogens is 230 g/mol. The molecule has 4 heteroatoms. The van der Waals surface area contributed by atoms with Gasteiger partial charge in [-0.1, -0.05) is 25.6 Å². The van der Waals surface area contributed by atoms with Gasteiger partial charge in [0.1, 0.15) is 10.8 Å². The molecule has 0 spiro atoms. The second kappa shape index (κ2) is 5.00. The normalized spacial score (nSPS) is 16.5. The van der Waals surface area contributed by atoms with Crippen molar-refractivity contribution in [3.8, 4) is 0 Å². The fourth-order valence-corrected chi connectivity index (χ4v) is 2.40. The minimum absolute atomic E-state index is 0.404. The van der Waals surface area contributed by atoms with E-state index in [1.807, 2.05) is 12.1 Å². The van der Waals surface area contributed by atoms with Gasteiger partial charge in [-0.25, -0.2) is 4.98 Å². The van der Waals surface area contributed by atoms with Crippen molar-refractivity contribution in [1.82, 2.24) is 4.98 Å². The summed E-state index contributed by atoms with van der Waals surface area (Å²) < 4.78 is 0. The molecule has 0 amide bonds. The van der Waals surface area contributed by atoms with Crippen LogP contribution in [0, 0.1) is 5.41 Å². The fourth-order valence-electron chi connectivity index (χ4n) is 2.24. The van der Waals surface area contributed by atoms with Crippen molar-refractivity contribution < 1.29 is 0 Å². The molecule has 0 unspecified atom stereocenters. The summed E-state index contributed by atoms with van der Waals surface area (Å²) in [6.45, 7) is 3.22. The lowest BCUT2D eigenvalue weighted by Gasteiger charge is -2.16. The zero-order valence-corrected chi connectivity index (χ0v) is 11.0. The Morgan fingerprint density at radius 3 is 2.94 bits per heavy atom. The van der Waals surface area contributed by atoms with Gasteiger partial charge in [-0.05, 0) is 36.8 Å². The third kappa shape index (κ3) is 2.94. The molecule has 1 heterocycles. The molecule has 0 aliphatic heterocycles. The van der Waals surface area contributed by atoms with Crippen LogP contribution in [0.2, 0.25) is 0 Å². The number of thiocarbonyl (C=S) groups is 1. The summed E-state index contributed by atoms with van der Waals surface area (Å²) in [5.41, 5.74) is 7.02. The molecule has 0 aromatic carbocycles. The largest absolute Gasteiger partial charge is 0.389 e. The zero-order valence-electron chi connectivity index (χ0n) is 10.2. The van der Waals surface area contributed by atoms with E-state index in [1.165, 1.54) is 25.7 Å². The molecule has 0 bridgehead atoms. The first-order valence-electron chi connectivity index (χ1n) is 6.15.